The van der Waals surface area contributed by atoms with E-state index in [4.69, 9.17) is 25.6 Å². The van der Waals surface area contributed by atoms with Gasteiger partial charge in [-0.25, -0.2) is 13.2 Å². The zero-order chi connectivity index (χ0) is 26.6. The fraction of sp³-hybridized carbons (Fsp3) is 0.214. The van der Waals surface area contributed by atoms with Gasteiger partial charge in [0.2, 0.25) is 0 Å². The monoisotopic (exact) mass is 551 g/mol. The lowest BCUT2D eigenvalue weighted by atomic mass is 10.0. The molecule has 1 aromatic heterocycles. The highest BCUT2D eigenvalue weighted by Crippen LogP contribution is 2.46. The second-order valence-corrected chi connectivity index (χ2v) is 11.8. The highest BCUT2D eigenvalue weighted by molar-refractivity contribution is 7.90. The van der Waals surface area contributed by atoms with E-state index in [0.717, 1.165) is 35.3 Å². The van der Waals surface area contributed by atoms with E-state index in [-0.39, 0.29) is 40.2 Å². The predicted molar refractivity (Wildman–Crippen MR) is 139 cm³/mol. The Balaban J connectivity index is 1.33. The quantitative estimate of drug-likeness (QED) is 0.287. The molecule has 2 aliphatic rings. The van der Waals surface area contributed by atoms with Crippen LogP contribution in [0.2, 0.25) is 5.02 Å². The number of rotatable bonds is 6. The van der Waals surface area contributed by atoms with Crippen LogP contribution in [0.5, 0.6) is 17.2 Å². The number of benzene rings is 3. The summed E-state index contributed by atoms with van der Waals surface area (Å²) in [7, 11) is -3.79. The molecule has 3 aromatic carbocycles. The van der Waals surface area contributed by atoms with Crippen molar-refractivity contribution in [2.75, 3.05) is 0 Å². The van der Waals surface area contributed by atoms with Crippen molar-refractivity contribution in [2.24, 2.45) is 0 Å². The molecule has 0 bridgehead atoms. The zero-order valence-electron chi connectivity index (χ0n) is 20.2. The van der Waals surface area contributed by atoms with Crippen molar-refractivity contribution in [1.82, 2.24) is 5.16 Å². The largest absolute Gasteiger partial charge is 0.489 e. The van der Waals surface area contributed by atoms with E-state index in [0.29, 0.717) is 22.0 Å². The molecule has 0 radical (unpaired) electrons. The van der Waals surface area contributed by atoms with Crippen molar-refractivity contribution in [1.29, 1.82) is 0 Å². The van der Waals surface area contributed by atoms with Crippen LogP contribution in [0.3, 0.4) is 0 Å². The van der Waals surface area contributed by atoms with Crippen molar-refractivity contribution >= 4 is 27.4 Å². The number of halogens is 1. The molecule has 4 aromatic rings. The molecular formula is C28H22ClNO7S. The molecule has 0 spiro atoms. The Morgan fingerprint density at radius 3 is 2.68 bits per heavy atom. The average molecular weight is 552 g/mol. The van der Waals surface area contributed by atoms with Crippen molar-refractivity contribution in [3.8, 4) is 28.5 Å². The molecule has 6 rings (SSSR count). The number of fused-ring (bicyclic) bond motifs is 2. The number of hydrogen-bond donors (Lipinski definition) is 1. The first-order chi connectivity index (χ1) is 18.2. The van der Waals surface area contributed by atoms with Crippen LogP contribution in [0.25, 0.3) is 11.3 Å². The van der Waals surface area contributed by atoms with Gasteiger partial charge in [0, 0.05) is 23.1 Å². The Bertz CT molecular complexity index is 1690. The second-order valence-electron chi connectivity index (χ2n) is 9.47. The van der Waals surface area contributed by atoms with E-state index >= 15 is 0 Å². The van der Waals surface area contributed by atoms with Crippen molar-refractivity contribution in [3.05, 3.63) is 87.6 Å². The SMILES string of the molecule is Cc1cccc(Cl)c1-c1noc(C2CC2)c1COc1ccc2c(c1)S(=O)(=O)Cc1ccc(C(=O)O)cc1O2. The van der Waals surface area contributed by atoms with Crippen LogP contribution in [0.4, 0.5) is 0 Å². The smallest absolute Gasteiger partial charge is 0.335 e. The number of aromatic nitrogens is 1. The molecule has 194 valence electrons. The van der Waals surface area contributed by atoms with Gasteiger partial charge in [0.1, 0.15) is 40.2 Å². The van der Waals surface area contributed by atoms with Gasteiger partial charge < -0.3 is 19.1 Å². The topological polar surface area (TPSA) is 116 Å². The summed E-state index contributed by atoms with van der Waals surface area (Å²) in [5, 5.41) is 14.2. The number of hydrogen-bond acceptors (Lipinski definition) is 7. The molecule has 1 aliphatic carbocycles. The second kappa shape index (κ2) is 9.18. The first-order valence-electron chi connectivity index (χ1n) is 12.0. The summed E-state index contributed by atoms with van der Waals surface area (Å²) in [4.78, 5) is 11.3. The highest BCUT2D eigenvalue weighted by atomic mass is 35.5. The third-order valence-electron chi connectivity index (χ3n) is 6.74. The number of carbonyl (C=O) groups is 1. The predicted octanol–water partition coefficient (Wildman–Crippen LogP) is 6.54. The van der Waals surface area contributed by atoms with Crippen molar-refractivity contribution in [2.45, 2.75) is 42.9 Å². The van der Waals surface area contributed by atoms with E-state index in [1.807, 2.05) is 19.1 Å². The Hall–Kier alpha value is -3.82. The van der Waals surface area contributed by atoms with Crippen LogP contribution >= 0.6 is 11.6 Å². The summed E-state index contributed by atoms with van der Waals surface area (Å²) in [5.41, 5.74) is 3.52. The van der Waals surface area contributed by atoms with E-state index in [1.54, 1.807) is 12.1 Å². The van der Waals surface area contributed by atoms with Crippen LogP contribution < -0.4 is 9.47 Å². The summed E-state index contributed by atoms with van der Waals surface area (Å²) in [6, 6.07) is 14.3. The minimum absolute atomic E-state index is 0.00861. The van der Waals surface area contributed by atoms with Crippen LogP contribution in [-0.2, 0) is 22.2 Å². The molecule has 1 fully saturated rings. The maximum atomic E-state index is 13.2. The number of carboxylic acid groups (broad SMARTS) is 1. The molecule has 0 amide bonds. The number of ether oxygens (including phenoxy) is 2. The van der Waals surface area contributed by atoms with E-state index in [1.165, 1.54) is 30.3 Å². The lowest BCUT2D eigenvalue weighted by Gasteiger charge is -2.12. The summed E-state index contributed by atoms with van der Waals surface area (Å²) in [6.07, 6.45) is 2.00. The average Bonchev–Trinajstić information content (AvgIpc) is 3.65. The first-order valence-corrected chi connectivity index (χ1v) is 14.0. The van der Waals surface area contributed by atoms with Crippen molar-refractivity contribution in [3.63, 3.8) is 0 Å². The van der Waals surface area contributed by atoms with Gasteiger partial charge in [0.15, 0.2) is 9.84 Å². The molecule has 0 atom stereocenters. The van der Waals surface area contributed by atoms with Gasteiger partial charge in [-0.05, 0) is 55.7 Å². The summed E-state index contributed by atoms with van der Waals surface area (Å²) >= 11 is 6.51. The van der Waals surface area contributed by atoms with E-state index in [9.17, 15) is 18.3 Å². The molecule has 0 saturated heterocycles. The Morgan fingerprint density at radius 1 is 1.13 bits per heavy atom. The van der Waals surface area contributed by atoms with Gasteiger partial charge >= 0.3 is 5.97 Å². The van der Waals surface area contributed by atoms with Gasteiger partial charge in [-0.1, -0.05) is 35.0 Å². The number of sulfone groups is 1. The minimum atomic E-state index is -3.79. The Kier molecular flexibility index (Phi) is 5.92. The zero-order valence-corrected chi connectivity index (χ0v) is 21.8. The number of carboxylic acids is 1. The fourth-order valence-electron chi connectivity index (χ4n) is 4.62. The standard InChI is InChI=1S/C28H22ClNO7S/c1-15-3-2-4-21(29)25(15)26-20(27(37-30-26)16-5-6-16)13-35-19-9-10-22-24(12-19)38(33,34)14-18-8-7-17(28(31)32)11-23(18)36-22/h2-4,7-12,16H,5-6,13-14H2,1H3,(H,31,32). The van der Waals surface area contributed by atoms with E-state index < -0.39 is 15.8 Å². The summed E-state index contributed by atoms with van der Waals surface area (Å²) < 4.78 is 44.2. The van der Waals surface area contributed by atoms with Gasteiger partial charge in [-0.15, -0.1) is 0 Å². The Morgan fingerprint density at radius 2 is 1.95 bits per heavy atom. The molecule has 10 heteroatoms. The molecule has 1 saturated carbocycles. The van der Waals surface area contributed by atoms with Crippen molar-refractivity contribution < 1.29 is 32.3 Å². The lowest BCUT2D eigenvalue weighted by molar-refractivity contribution is 0.0696. The normalized spacial score (nSPS) is 15.6. The minimum Gasteiger partial charge on any atom is -0.489 e. The molecule has 2 heterocycles. The fourth-order valence-corrected chi connectivity index (χ4v) is 6.45. The number of nitrogens with zero attached hydrogens (tertiary/aromatic N) is 1. The molecule has 1 aliphatic heterocycles. The van der Waals surface area contributed by atoms with Gasteiger partial charge in [0.05, 0.1) is 21.9 Å². The molecule has 0 unspecified atom stereocenters. The summed E-state index contributed by atoms with van der Waals surface area (Å²) in [5.74, 6) is 0.207. The van der Waals surface area contributed by atoms with Gasteiger partial charge in [0.25, 0.3) is 0 Å². The lowest BCUT2D eigenvalue weighted by Crippen LogP contribution is -2.05. The van der Waals surface area contributed by atoms with Gasteiger partial charge in [-0.3, -0.25) is 0 Å². The third kappa shape index (κ3) is 4.41. The maximum absolute atomic E-state index is 13.2. The third-order valence-corrected chi connectivity index (χ3v) is 8.73. The first kappa shape index (κ1) is 24.5. The van der Waals surface area contributed by atoms with Crippen LogP contribution in [0.15, 0.2) is 64.0 Å². The van der Waals surface area contributed by atoms with Crippen LogP contribution in [0.1, 0.15) is 51.6 Å². The molecule has 8 nitrogen and oxygen atoms in total. The molecule has 38 heavy (non-hydrogen) atoms. The Labute approximate surface area is 223 Å². The number of aryl methyl sites for hydroxylation is 1. The van der Waals surface area contributed by atoms with E-state index in [2.05, 4.69) is 5.16 Å². The van der Waals surface area contributed by atoms with Crippen LogP contribution in [-0.4, -0.2) is 24.7 Å². The molecular weight excluding hydrogens is 530 g/mol. The number of aromatic carboxylic acids is 1. The molecule has 1 N–H and O–H groups in total. The van der Waals surface area contributed by atoms with Crippen LogP contribution in [0, 0.1) is 6.92 Å². The van der Waals surface area contributed by atoms with Gasteiger partial charge in [-0.2, -0.15) is 0 Å². The highest BCUT2D eigenvalue weighted by Gasteiger charge is 2.34. The summed E-state index contributed by atoms with van der Waals surface area (Å²) in [6.45, 7) is 2.06. The maximum Gasteiger partial charge on any atom is 0.335 e.